The van der Waals surface area contributed by atoms with Crippen LogP contribution in [0.1, 0.15) is 0 Å². The maximum atomic E-state index is 10.1. The van der Waals surface area contributed by atoms with E-state index >= 15 is 0 Å². The summed E-state index contributed by atoms with van der Waals surface area (Å²) in [5, 5.41) is 27.2. The molecule has 1 saturated heterocycles. The van der Waals surface area contributed by atoms with E-state index < -0.39 is 45.5 Å². The van der Waals surface area contributed by atoms with E-state index in [0.717, 1.165) is 0 Å². The van der Waals surface area contributed by atoms with Crippen LogP contribution in [0.4, 0.5) is 0 Å². The molecule has 0 aromatic heterocycles. The minimum atomic E-state index is -5.13. The number of hydrogen-bond acceptors (Lipinski definition) is 8. The van der Waals surface area contributed by atoms with Gasteiger partial charge in [0.2, 0.25) is 0 Å². The maximum Gasteiger partial charge on any atom is 2.00 e. The molecule has 4 atom stereocenters. The Morgan fingerprint density at radius 2 is 1.75 bits per heavy atom. The Morgan fingerprint density at radius 1 is 1.25 bits per heavy atom. The number of aliphatic hydroxyl groups excluding tert-OH is 3. The fraction of sp³-hybridized carbons (Fsp3) is 1.00. The number of ether oxygens (including phenoxy) is 1. The van der Waals surface area contributed by atoms with Crippen LogP contribution in [0.25, 0.3) is 0 Å². The van der Waals surface area contributed by atoms with Crippen LogP contribution in [0, 0.1) is 0 Å². The molecule has 0 bridgehead atoms. The smallest absolute Gasteiger partial charge is 0.790 e. The van der Waals surface area contributed by atoms with E-state index in [9.17, 15) is 24.6 Å². The first-order chi connectivity index (χ1) is 6.85. The van der Waals surface area contributed by atoms with E-state index in [1.165, 1.54) is 0 Å². The zero-order valence-corrected chi connectivity index (χ0v) is 13.6. The summed E-state index contributed by atoms with van der Waals surface area (Å²) < 4.78 is 18.9. The van der Waals surface area contributed by atoms with Crippen LogP contribution in [0.3, 0.4) is 0 Å². The Morgan fingerprint density at radius 3 is 2.12 bits per heavy atom. The van der Waals surface area contributed by atoms with E-state index in [-0.39, 0.29) is 48.9 Å². The summed E-state index contributed by atoms with van der Waals surface area (Å²) in [5.41, 5.74) is 0. The van der Waals surface area contributed by atoms with E-state index in [0.29, 0.717) is 0 Å². The first-order valence-electron chi connectivity index (χ1n) is 4.14. The van der Waals surface area contributed by atoms with Crippen molar-refractivity contribution in [3.63, 3.8) is 0 Å². The van der Waals surface area contributed by atoms with Gasteiger partial charge in [0.15, 0.2) is 0 Å². The number of phosphoric acid groups is 1. The van der Waals surface area contributed by atoms with E-state index in [1.54, 1.807) is 0 Å². The predicted molar refractivity (Wildman–Crippen MR) is 47.1 cm³/mol. The summed E-state index contributed by atoms with van der Waals surface area (Å²) in [6.45, 7) is -1.21. The minimum absolute atomic E-state index is 0. The monoisotopic (exact) mass is 380 g/mol. The third kappa shape index (κ3) is 5.03. The molecule has 1 aliphatic rings. The molecule has 1 rings (SSSR count). The molecule has 1 heterocycles. The molecule has 1 aliphatic heterocycles. The van der Waals surface area contributed by atoms with Crippen molar-refractivity contribution in [3.05, 3.63) is 0 Å². The fourth-order valence-electron chi connectivity index (χ4n) is 1.28. The summed E-state index contributed by atoms with van der Waals surface area (Å²) >= 11 is 0. The number of aliphatic hydroxyl groups is 3. The van der Waals surface area contributed by atoms with Crippen molar-refractivity contribution in [1.29, 1.82) is 0 Å². The molecule has 3 N–H and O–H groups in total. The van der Waals surface area contributed by atoms with Crippen LogP contribution in [0.15, 0.2) is 0 Å². The molecule has 90 valence electrons. The van der Waals surface area contributed by atoms with Crippen LogP contribution in [0.2, 0.25) is 0 Å². The van der Waals surface area contributed by atoms with Gasteiger partial charge in [-0.1, -0.05) is 0 Å². The van der Waals surface area contributed by atoms with Crippen molar-refractivity contribution in [3.8, 4) is 0 Å². The first kappa shape index (κ1) is 17.5. The first-order valence-corrected chi connectivity index (χ1v) is 5.60. The molecule has 0 saturated carbocycles. The zero-order valence-electron chi connectivity index (χ0n) is 8.26. The Hall–Kier alpha value is 1.52. The van der Waals surface area contributed by atoms with Crippen LogP contribution >= 0.6 is 7.82 Å². The van der Waals surface area contributed by atoms with Crippen molar-refractivity contribution in [2.75, 3.05) is 13.2 Å². The van der Waals surface area contributed by atoms with Crippen molar-refractivity contribution < 1.29 is 38.9 Å². The number of hydrogen-bond donors (Lipinski definition) is 3. The molecule has 0 aromatic carbocycles. The van der Waals surface area contributed by atoms with Gasteiger partial charge in [0.1, 0.15) is 24.4 Å². The van der Waals surface area contributed by atoms with E-state index in [1.807, 2.05) is 0 Å². The molecule has 0 aromatic rings. The molecular weight excluding hydrogens is 368 g/mol. The normalized spacial score (nSPS) is 34.8. The van der Waals surface area contributed by atoms with E-state index in [2.05, 4.69) is 4.52 Å². The Bertz CT molecular complexity index is 257. The minimum Gasteiger partial charge on any atom is -0.790 e. The van der Waals surface area contributed by atoms with Crippen molar-refractivity contribution in [1.82, 2.24) is 0 Å². The Labute approximate surface area is 132 Å². The fourth-order valence-corrected chi connectivity index (χ4v) is 1.61. The summed E-state index contributed by atoms with van der Waals surface area (Å²) in [6.07, 6.45) is -4.88. The average molecular weight is 379 g/mol. The largest absolute Gasteiger partial charge is 2.00 e. The summed E-state index contributed by atoms with van der Waals surface area (Å²) in [7, 11) is -5.13. The van der Waals surface area contributed by atoms with Crippen molar-refractivity contribution in [2.45, 2.75) is 24.4 Å². The number of rotatable bonds is 4. The Balaban J connectivity index is 0.00000225. The summed E-state index contributed by atoms with van der Waals surface area (Å²) in [5.74, 6) is 0. The number of phosphoric ester groups is 1. The Kier molecular flexibility index (Phi) is 7.88. The summed E-state index contributed by atoms with van der Waals surface area (Å²) in [6, 6.07) is 0. The molecular formula is C6H11BaO8P. The van der Waals surface area contributed by atoms with Gasteiger partial charge in [-0.15, -0.1) is 0 Å². The second-order valence-corrected chi connectivity index (χ2v) is 4.27. The zero-order chi connectivity index (χ0) is 11.6. The van der Waals surface area contributed by atoms with Gasteiger partial charge in [0, 0.05) is 0 Å². The molecule has 10 heteroatoms. The van der Waals surface area contributed by atoms with Gasteiger partial charge in [0.25, 0.3) is 0 Å². The molecule has 0 radical (unpaired) electrons. The standard InChI is InChI=1S/C6H13O8P.Ba/c7-1-3-5(8)6(9)4(14-3)2-13-15(10,11)12;/h3-9H,1-2H2,(H2,10,11,12);/q;+2/p-2/t3-,4-,5?,6-;/m0./s1. The SMILES string of the molecule is O=P([O-])([O-])OC[C@@H]1O[C@@H](CO)C(O)[C@H]1O.[Ba+2]. The molecule has 16 heavy (non-hydrogen) atoms. The maximum absolute atomic E-state index is 10.1. The van der Waals surface area contributed by atoms with Crippen molar-refractivity contribution in [2.24, 2.45) is 0 Å². The van der Waals surface area contributed by atoms with Gasteiger partial charge in [-0.05, 0) is 0 Å². The molecule has 0 amide bonds. The molecule has 1 unspecified atom stereocenters. The second-order valence-electron chi connectivity index (χ2n) is 3.12. The van der Waals surface area contributed by atoms with E-state index in [4.69, 9.17) is 9.84 Å². The van der Waals surface area contributed by atoms with Gasteiger partial charge in [-0.25, -0.2) is 0 Å². The molecule has 1 fully saturated rings. The van der Waals surface area contributed by atoms with Gasteiger partial charge in [-0.3, -0.25) is 0 Å². The predicted octanol–water partition coefficient (Wildman–Crippen LogP) is -4.07. The molecule has 0 spiro atoms. The van der Waals surface area contributed by atoms with Crippen LogP contribution < -0.4 is 9.79 Å². The third-order valence-corrected chi connectivity index (χ3v) is 2.50. The van der Waals surface area contributed by atoms with Gasteiger partial charge in [0.05, 0.1) is 21.0 Å². The topological polar surface area (TPSA) is 142 Å². The second kappa shape index (κ2) is 7.19. The third-order valence-electron chi connectivity index (χ3n) is 2.04. The van der Waals surface area contributed by atoms with Crippen LogP contribution in [-0.4, -0.2) is 102 Å². The molecule has 8 nitrogen and oxygen atoms in total. The van der Waals surface area contributed by atoms with Gasteiger partial charge < -0.3 is 38.9 Å². The summed E-state index contributed by atoms with van der Waals surface area (Å²) in [4.78, 5) is 20.3. The average Bonchev–Trinajstić information content (AvgIpc) is 2.40. The molecule has 0 aliphatic carbocycles. The van der Waals surface area contributed by atoms with Crippen molar-refractivity contribution >= 4 is 56.7 Å². The van der Waals surface area contributed by atoms with Crippen LogP contribution in [-0.2, 0) is 13.8 Å². The van der Waals surface area contributed by atoms with Gasteiger partial charge >= 0.3 is 48.9 Å². The van der Waals surface area contributed by atoms with Gasteiger partial charge in [-0.2, -0.15) is 0 Å². The van der Waals surface area contributed by atoms with Crippen LogP contribution in [0.5, 0.6) is 0 Å². The quantitative estimate of drug-likeness (QED) is 0.331.